The van der Waals surface area contributed by atoms with Crippen LogP contribution in [-0.4, -0.2) is 6.36 Å². The van der Waals surface area contributed by atoms with Gasteiger partial charge < -0.3 is 4.74 Å². The second-order valence-electron chi connectivity index (χ2n) is 3.15. The molecule has 0 radical (unpaired) electrons. The number of ether oxygens (including phenoxy) is 1. The lowest BCUT2D eigenvalue weighted by Gasteiger charge is -2.15. The van der Waals surface area contributed by atoms with E-state index in [4.69, 9.17) is 11.6 Å². The highest BCUT2D eigenvalue weighted by molar-refractivity contribution is 6.32. The predicted molar refractivity (Wildman–Crippen MR) is 47.9 cm³/mol. The lowest BCUT2D eigenvalue weighted by Crippen LogP contribution is -2.18. The van der Waals surface area contributed by atoms with Crippen LogP contribution in [0.5, 0.6) is 5.75 Å². The average Bonchev–Trinajstić information content (AvgIpc) is 2.07. The van der Waals surface area contributed by atoms with Crippen molar-refractivity contribution in [2.45, 2.75) is 19.5 Å². The number of hydrogen-bond donors (Lipinski definition) is 0. The van der Waals surface area contributed by atoms with Crippen LogP contribution in [0.4, 0.5) is 26.3 Å². The minimum Gasteiger partial charge on any atom is -0.404 e. The van der Waals surface area contributed by atoms with Crippen molar-refractivity contribution in [3.63, 3.8) is 0 Å². The Morgan fingerprint density at radius 1 is 1.06 bits per heavy atom. The molecule has 0 bridgehead atoms. The third kappa shape index (κ3) is 3.69. The molecule has 17 heavy (non-hydrogen) atoms. The lowest BCUT2D eigenvalue weighted by molar-refractivity contribution is -0.274. The van der Waals surface area contributed by atoms with Gasteiger partial charge in [0, 0.05) is 0 Å². The highest BCUT2D eigenvalue weighted by Crippen LogP contribution is 2.39. The van der Waals surface area contributed by atoms with Gasteiger partial charge in [0.05, 0.1) is 10.6 Å². The summed E-state index contributed by atoms with van der Waals surface area (Å²) in [4.78, 5) is 0. The van der Waals surface area contributed by atoms with Gasteiger partial charge in [0.25, 0.3) is 0 Å². The largest absolute Gasteiger partial charge is 0.573 e. The van der Waals surface area contributed by atoms with Crippen molar-refractivity contribution in [1.82, 2.24) is 0 Å². The maximum absolute atomic E-state index is 12.3. The highest BCUT2D eigenvalue weighted by Gasteiger charge is 2.35. The van der Waals surface area contributed by atoms with Crippen LogP contribution < -0.4 is 4.74 Å². The van der Waals surface area contributed by atoms with Gasteiger partial charge in [-0.25, -0.2) is 0 Å². The fraction of sp³-hybridized carbons (Fsp3) is 0.333. The molecule has 1 aromatic carbocycles. The van der Waals surface area contributed by atoms with Crippen LogP contribution in [0.2, 0.25) is 5.02 Å². The summed E-state index contributed by atoms with van der Waals surface area (Å²) in [5, 5.41) is -0.741. The van der Waals surface area contributed by atoms with Gasteiger partial charge in [0.15, 0.2) is 5.75 Å². The van der Waals surface area contributed by atoms with Crippen LogP contribution in [0, 0.1) is 6.92 Å². The summed E-state index contributed by atoms with van der Waals surface area (Å²) in [6.07, 6.45) is -9.68. The number of halogens is 7. The zero-order valence-electron chi connectivity index (χ0n) is 8.21. The number of aryl methyl sites for hydroxylation is 1. The molecule has 0 unspecified atom stereocenters. The molecule has 0 spiro atoms. The van der Waals surface area contributed by atoms with Gasteiger partial charge in [0.1, 0.15) is 0 Å². The van der Waals surface area contributed by atoms with E-state index in [0.717, 1.165) is 6.92 Å². The van der Waals surface area contributed by atoms with E-state index in [1.165, 1.54) is 0 Å². The van der Waals surface area contributed by atoms with Gasteiger partial charge >= 0.3 is 12.5 Å². The fourth-order valence-electron chi connectivity index (χ4n) is 1.14. The van der Waals surface area contributed by atoms with Crippen molar-refractivity contribution in [2.24, 2.45) is 0 Å². The van der Waals surface area contributed by atoms with Crippen LogP contribution >= 0.6 is 11.6 Å². The van der Waals surface area contributed by atoms with E-state index in [2.05, 4.69) is 4.74 Å². The zero-order chi connectivity index (χ0) is 13.4. The molecule has 0 aromatic heterocycles. The van der Waals surface area contributed by atoms with Crippen molar-refractivity contribution < 1.29 is 31.1 Å². The van der Waals surface area contributed by atoms with Crippen LogP contribution in [0.25, 0.3) is 0 Å². The maximum atomic E-state index is 12.3. The van der Waals surface area contributed by atoms with E-state index < -0.39 is 28.9 Å². The molecule has 0 aliphatic rings. The van der Waals surface area contributed by atoms with E-state index >= 15 is 0 Å². The van der Waals surface area contributed by atoms with Crippen molar-refractivity contribution in [3.8, 4) is 5.75 Å². The molecule has 0 saturated heterocycles. The molecule has 0 fully saturated rings. The number of alkyl halides is 6. The van der Waals surface area contributed by atoms with Crippen molar-refractivity contribution >= 4 is 11.6 Å². The first kappa shape index (κ1) is 14.0. The number of hydrogen-bond acceptors (Lipinski definition) is 1. The Morgan fingerprint density at radius 3 is 1.94 bits per heavy atom. The van der Waals surface area contributed by atoms with Gasteiger partial charge in [-0.2, -0.15) is 13.2 Å². The van der Waals surface area contributed by atoms with E-state index in [0.29, 0.717) is 12.1 Å². The van der Waals surface area contributed by atoms with Gasteiger partial charge in [-0.05, 0) is 24.6 Å². The molecule has 96 valence electrons. The highest BCUT2D eigenvalue weighted by atomic mass is 35.5. The molecule has 0 saturated carbocycles. The Morgan fingerprint density at radius 2 is 1.59 bits per heavy atom. The Bertz CT molecular complexity index is 399. The summed E-state index contributed by atoms with van der Waals surface area (Å²) >= 11 is 5.32. The second kappa shape index (κ2) is 4.29. The number of rotatable bonds is 1. The lowest BCUT2D eigenvalue weighted by atomic mass is 10.1. The molecule has 0 N–H and O–H groups in total. The normalized spacial score (nSPS) is 12.7. The molecule has 1 nitrogen and oxygen atoms in total. The van der Waals surface area contributed by atoms with Gasteiger partial charge in [-0.1, -0.05) is 11.6 Å². The van der Waals surface area contributed by atoms with Crippen LogP contribution in [0.3, 0.4) is 0 Å². The summed E-state index contributed by atoms with van der Waals surface area (Å²) in [5.74, 6) is -0.827. The van der Waals surface area contributed by atoms with Gasteiger partial charge in [-0.3, -0.25) is 0 Å². The van der Waals surface area contributed by atoms with Crippen molar-refractivity contribution in [1.29, 1.82) is 0 Å². The standard InChI is InChI=1S/C9H5ClF6O/c1-4-2-5(8(11,12)13)3-6(10)7(4)17-9(14,15)16/h2-3H,1H3. The Hall–Kier alpha value is -1.11. The van der Waals surface area contributed by atoms with Crippen LogP contribution in [0.15, 0.2) is 12.1 Å². The summed E-state index contributed by atoms with van der Waals surface area (Å²) in [6.45, 7) is 1.04. The first-order valence-corrected chi connectivity index (χ1v) is 4.51. The molecule has 1 rings (SSSR count). The second-order valence-corrected chi connectivity index (χ2v) is 3.56. The maximum Gasteiger partial charge on any atom is 0.573 e. The molecule has 0 aliphatic carbocycles. The molecule has 1 aromatic rings. The summed E-state index contributed by atoms with van der Waals surface area (Å²) in [7, 11) is 0. The molecular weight excluding hydrogens is 274 g/mol. The summed E-state index contributed by atoms with van der Waals surface area (Å²) in [6, 6.07) is 0.919. The molecule has 8 heteroatoms. The smallest absolute Gasteiger partial charge is 0.404 e. The first-order valence-electron chi connectivity index (χ1n) is 4.14. The van der Waals surface area contributed by atoms with Gasteiger partial charge in [-0.15, -0.1) is 13.2 Å². The van der Waals surface area contributed by atoms with E-state index in [9.17, 15) is 26.3 Å². The number of benzene rings is 1. The van der Waals surface area contributed by atoms with Crippen molar-refractivity contribution in [2.75, 3.05) is 0 Å². The third-order valence-electron chi connectivity index (χ3n) is 1.77. The van der Waals surface area contributed by atoms with Gasteiger partial charge in [0.2, 0.25) is 0 Å². The minimum atomic E-state index is -5.01. The van der Waals surface area contributed by atoms with E-state index in [-0.39, 0.29) is 5.56 Å². The molecule has 0 amide bonds. The monoisotopic (exact) mass is 278 g/mol. The predicted octanol–water partition coefficient (Wildman–Crippen LogP) is 4.57. The summed E-state index contributed by atoms with van der Waals surface area (Å²) < 4.78 is 76.2. The quantitative estimate of drug-likeness (QED) is 0.684. The summed E-state index contributed by atoms with van der Waals surface area (Å²) in [5.41, 5.74) is -1.48. The first-order chi connectivity index (χ1) is 7.50. The molecule has 0 aliphatic heterocycles. The van der Waals surface area contributed by atoms with Crippen LogP contribution in [-0.2, 0) is 6.18 Å². The fourth-order valence-corrected chi connectivity index (χ4v) is 1.44. The zero-order valence-corrected chi connectivity index (χ0v) is 8.96. The van der Waals surface area contributed by atoms with E-state index in [1.807, 2.05) is 0 Å². The SMILES string of the molecule is Cc1cc(C(F)(F)F)cc(Cl)c1OC(F)(F)F. The van der Waals surface area contributed by atoms with E-state index in [1.54, 1.807) is 0 Å². The average molecular weight is 279 g/mol. The molecule has 0 atom stereocenters. The Labute approximate surface area is 96.9 Å². The molecule has 0 heterocycles. The van der Waals surface area contributed by atoms with Crippen molar-refractivity contribution in [3.05, 3.63) is 28.3 Å². The Kier molecular flexibility index (Phi) is 3.52. The third-order valence-corrected chi connectivity index (χ3v) is 2.06. The minimum absolute atomic E-state index is 0.345. The Balaban J connectivity index is 3.20. The topological polar surface area (TPSA) is 9.23 Å². The molecular formula is C9H5ClF6O. The van der Waals surface area contributed by atoms with Crippen LogP contribution in [0.1, 0.15) is 11.1 Å².